The van der Waals surface area contributed by atoms with E-state index in [2.05, 4.69) is 30.6 Å². The lowest BCUT2D eigenvalue weighted by atomic mass is 10.3. The summed E-state index contributed by atoms with van der Waals surface area (Å²) in [5, 5.41) is 0. The number of likely N-dealkylation sites (tertiary alicyclic amines) is 1. The van der Waals surface area contributed by atoms with Crippen LogP contribution in [-0.4, -0.2) is 18.0 Å². The van der Waals surface area contributed by atoms with Gasteiger partial charge in [-0.3, -0.25) is 0 Å². The fourth-order valence-electron chi connectivity index (χ4n) is 1.36. The van der Waals surface area contributed by atoms with Crippen LogP contribution in [0.3, 0.4) is 0 Å². The van der Waals surface area contributed by atoms with E-state index in [1.807, 2.05) is 13.8 Å². The van der Waals surface area contributed by atoms with Gasteiger partial charge in [0.2, 0.25) is 0 Å². The summed E-state index contributed by atoms with van der Waals surface area (Å²) in [5.74, 6) is 0. The van der Waals surface area contributed by atoms with Gasteiger partial charge in [0.1, 0.15) is 0 Å². The van der Waals surface area contributed by atoms with Gasteiger partial charge in [-0.25, -0.2) is 0 Å². The molecule has 76 valence electrons. The van der Waals surface area contributed by atoms with Crippen LogP contribution in [0.2, 0.25) is 0 Å². The molecule has 1 aliphatic rings. The standard InChI is InChI=1S/C10H17N.C2H6/c1-3-4-7-10(2)11-8-5-6-9-11;1-2/h4,7H,2-3,5-6,8-9H2,1H3;1-2H3/b7-4-;. The second kappa shape index (κ2) is 7.90. The zero-order valence-corrected chi connectivity index (χ0v) is 9.34. The predicted molar refractivity (Wildman–Crippen MR) is 60.7 cm³/mol. The number of hydrogen-bond acceptors (Lipinski definition) is 1. The summed E-state index contributed by atoms with van der Waals surface area (Å²) < 4.78 is 0. The molecule has 0 aromatic rings. The van der Waals surface area contributed by atoms with Crippen LogP contribution in [0.5, 0.6) is 0 Å². The third-order valence-corrected chi connectivity index (χ3v) is 2.06. The first-order valence-electron chi connectivity index (χ1n) is 5.45. The summed E-state index contributed by atoms with van der Waals surface area (Å²) in [6.45, 7) is 12.6. The highest BCUT2D eigenvalue weighted by Crippen LogP contribution is 2.13. The van der Waals surface area contributed by atoms with Crippen molar-refractivity contribution in [2.75, 3.05) is 13.1 Å². The van der Waals surface area contributed by atoms with Crippen molar-refractivity contribution in [2.45, 2.75) is 40.0 Å². The quantitative estimate of drug-likeness (QED) is 0.601. The second-order valence-corrected chi connectivity index (χ2v) is 3.00. The topological polar surface area (TPSA) is 3.24 Å². The Kier molecular flexibility index (Phi) is 7.47. The zero-order valence-electron chi connectivity index (χ0n) is 9.34. The minimum atomic E-state index is 1.10. The second-order valence-electron chi connectivity index (χ2n) is 3.00. The SMILES string of the molecule is C=C(/C=C\CC)N1CCCC1.CC. The van der Waals surface area contributed by atoms with Crippen molar-refractivity contribution in [2.24, 2.45) is 0 Å². The lowest BCUT2D eigenvalue weighted by Gasteiger charge is -2.16. The van der Waals surface area contributed by atoms with Gasteiger partial charge in [-0.05, 0) is 25.3 Å². The number of rotatable bonds is 3. The minimum absolute atomic E-state index is 1.10. The van der Waals surface area contributed by atoms with Crippen LogP contribution in [0, 0.1) is 0 Å². The summed E-state index contributed by atoms with van der Waals surface area (Å²) in [6, 6.07) is 0. The van der Waals surface area contributed by atoms with Gasteiger partial charge in [0.05, 0.1) is 0 Å². The van der Waals surface area contributed by atoms with Crippen LogP contribution in [0.25, 0.3) is 0 Å². The monoisotopic (exact) mass is 181 g/mol. The molecule has 1 saturated heterocycles. The fourth-order valence-corrected chi connectivity index (χ4v) is 1.36. The van der Waals surface area contributed by atoms with Crippen LogP contribution in [0.15, 0.2) is 24.4 Å². The Labute approximate surface area is 83.1 Å². The van der Waals surface area contributed by atoms with E-state index in [9.17, 15) is 0 Å². The summed E-state index contributed by atoms with van der Waals surface area (Å²) >= 11 is 0. The highest BCUT2D eigenvalue weighted by Gasteiger charge is 2.10. The van der Waals surface area contributed by atoms with E-state index in [0.29, 0.717) is 0 Å². The molecule has 0 N–H and O–H groups in total. The van der Waals surface area contributed by atoms with E-state index >= 15 is 0 Å². The lowest BCUT2D eigenvalue weighted by molar-refractivity contribution is 0.442. The number of hydrogen-bond donors (Lipinski definition) is 0. The van der Waals surface area contributed by atoms with Gasteiger partial charge in [0.25, 0.3) is 0 Å². The third-order valence-electron chi connectivity index (χ3n) is 2.06. The maximum Gasteiger partial charge on any atom is 0.0289 e. The van der Waals surface area contributed by atoms with E-state index in [1.54, 1.807) is 0 Å². The van der Waals surface area contributed by atoms with Crippen LogP contribution >= 0.6 is 0 Å². The predicted octanol–water partition coefficient (Wildman–Crippen LogP) is 3.59. The molecule has 1 aliphatic heterocycles. The Balaban J connectivity index is 0.000000671. The highest BCUT2D eigenvalue weighted by atomic mass is 15.1. The smallest absolute Gasteiger partial charge is 0.0289 e. The molecule has 1 fully saturated rings. The van der Waals surface area contributed by atoms with Gasteiger partial charge >= 0.3 is 0 Å². The Morgan fingerprint density at radius 3 is 2.31 bits per heavy atom. The highest BCUT2D eigenvalue weighted by molar-refractivity contribution is 5.13. The van der Waals surface area contributed by atoms with E-state index in [1.165, 1.54) is 31.6 Å². The maximum atomic E-state index is 4.01. The molecule has 0 atom stereocenters. The van der Waals surface area contributed by atoms with Gasteiger partial charge in [0.15, 0.2) is 0 Å². The molecule has 0 radical (unpaired) electrons. The first-order valence-corrected chi connectivity index (χ1v) is 5.45. The van der Waals surface area contributed by atoms with Gasteiger partial charge in [-0.1, -0.05) is 33.4 Å². The summed E-state index contributed by atoms with van der Waals surface area (Å²) in [4.78, 5) is 2.35. The van der Waals surface area contributed by atoms with Crippen molar-refractivity contribution in [1.29, 1.82) is 0 Å². The van der Waals surface area contributed by atoms with E-state index in [4.69, 9.17) is 0 Å². The van der Waals surface area contributed by atoms with E-state index in [-0.39, 0.29) is 0 Å². The number of allylic oxidation sites excluding steroid dienone is 2. The molecule has 1 heteroatoms. The molecule has 0 amide bonds. The first-order chi connectivity index (χ1) is 6.34. The molecule has 0 bridgehead atoms. The largest absolute Gasteiger partial charge is 0.372 e. The van der Waals surface area contributed by atoms with Crippen molar-refractivity contribution in [3.63, 3.8) is 0 Å². The average molecular weight is 181 g/mol. The van der Waals surface area contributed by atoms with Crippen molar-refractivity contribution in [1.82, 2.24) is 4.90 Å². The first kappa shape index (κ1) is 12.3. The molecule has 0 aromatic heterocycles. The zero-order chi connectivity index (χ0) is 10.1. The molecule has 0 spiro atoms. The van der Waals surface area contributed by atoms with Gasteiger partial charge in [-0.2, -0.15) is 0 Å². The van der Waals surface area contributed by atoms with Crippen LogP contribution < -0.4 is 0 Å². The van der Waals surface area contributed by atoms with Crippen molar-refractivity contribution in [3.05, 3.63) is 24.4 Å². The van der Waals surface area contributed by atoms with Crippen LogP contribution in [0.4, 0.5) is 0 Å². The van der Waals surface area contributed by atoms with E-state index in [0.717, 1.165) is 6.42 Å². The van der Waals surface area contributed by atoms with E-state index < -0.39 is 0 Å². The molecule has 0 unspecified atom stereocenters. The Morgan fingerprint density at radius 1 is 1.31 bits per heavy atom. The molecule has 0 aromatic carbocycles. The average Bonchev–Trinajstić information content (AvgIpc) is 2.70. The van der Waals surface area contributed by atoms with Crippen LogP contribution in [0.1, 0.15) is 40.0 Å². The Morgan fingerprint density at radius 2 is 1.85 bits per heavy atom. The molecule has 1 heterocycles. The van der Waals surface area contributed by atoms with Crippen molar-refractivity contribution >= 4 is 0 Å². The molecule has 0 aliphatic carbocycles. The molecule has 0 saturated carbocycles. The van der Waals surface area contributed by atoms with Gasteiger partial charge < -0.3 is 4.90 Å². The fraction of sp³-hybridized carbons (Fsp3) is 0.667. The Hall–Kier alpha value is -0.720. The maximum absolute atomic E-state index is 4.01. The lowest BCUT2D eigenvalue weighted by Crippen LogP contribution is -2.15. The van der Waals surface area contributed by atoms with Crippen molar-refractivity contribution in [3.8, 4) is 0 Å². The van der Waals surface area contributed by atoms with Crippen LogP contribution in [-0.2, 0) is 0 Å². The molecular weight excluding hydrogens is 158 g/mol. The summed E-state index contributed by atoms with van der Waals surface area (Å²) in [5.41, 5.74) is 1.18. The normalized spacial score (nSPS) is 15.8. The Bertz CT molecular complexity index is 153. The summed E-state index contributed by atoms with van der Waals surface area (Å²) in [6.07, 6.45) is 8.07. The molecule has 1 nitrogen and oxygen atoms in total. The molecular formula is C12H23N. The third kappa shape index (κ3) is 4.76. The minimum Gasteiger partial charge on any atom is -0.372 e. The van der Waals surface area contributed by atoms with Crippen molar-refractivity contribution < 1.29 is 0 Å². The molecule has 13 heavy (non-hydrogen) atoms. The number of nitrogens with zero attached hydrogens (tertiary/aromatic N) is 1. The molecule has 1 rings (SSSR count). The van der Waals surface area contributed by atoms with Gasteiger partial charge in [0, 0.05) is 18.8 Å². The van der Waals surface area contributed by atoms with Gasteiger partial charge in [-0.15, -0.1) is 0 Å². The summed E-state index contributed by atoms with van der Waals surface area (Å²) in [7, 11) is 0.